The second-order valence-corrected chi connectivity index (χ2v) is 5.59. The molecule has 6 heteroatoms. The van der Waals surface area contributed by atoms with Crippen LogP contribution in [-0.4, -0.2) is 26.1 Å². The molecule has 1 aliphatic heterocycles. The Hall–Kier alpha value is -0.350. The first-order chi connectivity index (χ1) is 8.16. The highest BCUT2D eigenvalue weighted by atomic mass is 31.2. The maximum Gasteiger partial charge on any atom is 0.360 e. The molecule has 0 aliphatic carbocycles. The molecule has 0 N–H and O–H groups in total. The fourth-order valence-electron chi connectivity index (χ4n) is 1.60. The summed E-state index contributed by atoms with van der Waals surface area (Å²) < 4.78 is 33.6. The Morgan fingerprint density at radius 2 is 1.94 bits per heavy atom. The summed E-state index contributed by atoms with van der Waals surface area (Å²) in [6, 6.07) is 0. The normalized spacial score (nSPS) is 20.9. The third-order valence-corrected chi connectivity index (χ3v) is 4.52. The molecule has 0 aromatic rings. The molecule has 0 amide bonds. The molecule has 17 heavy (non-hydrogen) atoms. The molecule has 1 unspecified atom stereocenters. The van der Waals surface area contributed by atoms with E-state index in [4.69, 9.17) is 18.5 Å². The minimum absolute atomic E-state index is 0.250. The highest BCUT2D eigenvalue weighted by molar-refractivity contribution is 7.58. The van der Waals surface area contributed by atoms with E-state index in [9.17, 15) is 4.57 Å². The van der Waals surface area contributed by atoms with Crippen LogP contribution >= 0.6 is 7.60 Å². The van der Waals surface area contributed by atoms with Gasteiger partial charge in [0.15, 0.2) is 6.29 Å². The Labute approximate surface area is 103 Å². The van der Waals surface area contributed by atoms with Gasteiger partial charge in [0.1, 0.15) is 0 Å². The Balaban J connectivity index is 2.67. The molecule has 0 bridgehead atoms. The van der Waals surface area contributed by atoms with E-state index < -0.39 is 7.60 Å². The van der Waals surface area contributed by atoms with Gasteiger partial charge in [-0.1, -0.05) is 0 Å². The average molecular weight is 264 g/mol. The van der Waals surface area contributed by atoms with Gasteiger partial charge in [-0.25, -0.2) is 0 Å². The second kappa shape index (κ2) is 7.17. The van der Waals surface area contributed by atoms with Crippen molar-refractivity contribution >= 4 is 7.60 Å². The Bertz CT molecular complexity index is 292. The maximum absolute atomic E-state index is 12.4. The molecule has 0 aromatic carbocycles. The third kappa shape index (κ3) is 4.11. The number of rotatable bonds is 7. The van der Waals surface area contributed by atoms with Crippen LogP contribution in [0.1, 0.15) is 33.6 Å². The lowest BCUT2D eigenvalue weighted by Crippen LogP contribution is -2.19. The van der Waals surface area contributed by atoms with E-state index in [0.29, 0.717) is 38.0 Å². The van der Waals surface area contributed by atoms with Crippen LogP contribution in [0.5, 0.6) is 0 Å². The molecule has 0 saturated heterocycles. The summed E-state index contributed by atoms with van der Waals surface area (Å²) >= 11 is 0. The summed E-state index contributed by atoms with van der Waals surface area (Å²) in [4.78, 5) is 0. The van der Waals surface area contributed by atoms with Crippen molar-refractivity contribution in [3.63, 3.8) is 0 Å². The van der Waals surface area contributed by atoms with Crippen LogP contribution in [0, 0.1) is 0 Å². The third-order valence-electron chi connectivity index (χ3n) is 2.29. The fraction of sp³-hybridized carbons (Fsp3) is 0.818. The van der Waals surface area contributed by atoms with Crippen molar-refractivity contribution in [3.05, 3.63) is 11.6 Å². The van der Waals surface area contributed by atoms with Crippen molar-refractivity contribution in [2.75, 3.05) is 19.8 Å². The van der Waals surface area contributed by atoms with Crippen LogP contribution in [0.25, 0.3) is 0 Å². The molecule has 0 radical (unpaired) electrons. The molecule has 1 aliphatic rings. The largest absolute Gasteiger partial charge is 0.472 e. The van der Waals surface area contributed by atoms with E-state index in [1.165, 1.54) is 6.26 Å². The van der Waals surface area contributed by atoms with Gasteiger partial charge in [0, 0.05) is 13.0 Å². The first-order valence-electron chi connectivity index (χ1n) is 6.02. The van der Waals surface area contributed by atoms with Crippen LogP contribution in [-0.2, 0) is 23.1 Å². The topological polar surface area (TPSA) is 54.0 Å². The van der Waals surface area contributed by atoms with E-state index in [1.54, 1.807) is 13.8 Å². The van der Waals surface area contributed by atoms with Crippen molar-refractivity contribution in [1.29, 1.82) is 0 Å². The maximum atomic E-state index is 12.4. The summed E-state index contributed by atoms with van der Waals surface area (Å²) in [5.74, 6) is 0. The number of ether oxygens (including phenoxy) is 2. The zero-order valence-electron chi connectivity index (χ0n) is 10.7. The van der Waals surface area contributed by atoms with E-state index in [0.717, 1.165) is 0 Å². The zero-order valence-corrected chi connectivity index (χ0v) is 11.6. The van der Waals surface area contributed by atoms with Gasteiger partial charge in [0.2, 0.25) is 0 Å². The van der Waals surface area contributed by atoms with Crippen molar-refractivity contribution in [1.82, 2.24) is 0 Å². The first kappa shape index (κ1) is 14.7. The van der Waals surface area contributed by atoms with Crippen LogP contribution in [0.3, 0.4) is 0 Å². The van der Waals surface area contributed by atoms with Crippen molar-refractivity contribution in [2.24, 2.45) is 0 Å². The second-order valence-electron chi connectivity index (χ2n) is 3.50. The summed E-state index contributed by atoms with van der Waals surface area (Å²) in [6.07, 6.45) is 2.50. The van der Waals surface area contributed by atoms with E-state index in [-0.39, 0.29) is 6.29 Å². The van der Waals surface area contributed by atoms with Crippen LogP contribution < -0.4 is 0 Å². The Morgan fingerprint density at radius 3 is 2.35 bits per heavy atom. The number of hydrogen-bond donors (Lipinski definition) is 0. The molecule has 0 spiro atoms. The van der Waals surface area contributed by atoms with Gasteiger partial charge in [0.05, 0.1) is 24.8 Å². The molecular formula is C11H21O5P. The van der Waals surface area contributed by atoms with Gasteiger partial charge in [-0.3, -0.25) is 4.57 Å². The number of allylic oxidation sites excluding steroid dienone is 1. The molecule has 1 heterocycles. The monoisotopic (exact) mass is 264 g/mol. The van der Waals surface area contributed by atoms with Gasteiger partial charge in [0.25, 0.3) is 0 Å². The Kier molecular flexibility index (Phi) is 6.20. The van der Waals surface area contributed by atoms with Gasteiger partial charge in [-0.05, 0) is 27.2 Å². The first-order valence-corrected chi connectivity index (χ1v) is 7.56. The van der Waals surface area contributed by atoms with Gasteiger partial charge in [-0.15, -0.1) is 0 Å². The molecule has 1 rings (SSSR count). The lowest BCUT2D eigenvalue weighted by molar-refractivity contribution is -0.112. The minimum atomic E-state index is -3.16. The van der Waals surface area contributed by atoms with E-state index >= 15 is 0 Å². The van der Waals surface area contributed by atoms with Gasteiger partial charge in [-0.2, -0.15) is 0 Å². The predicted molar refractivity (Wildman–Crippen MR) is 64.7 cm³/mol. The molecule has 100 valence electrons. The molecule has 0 fully saturated rings. The SMILES string of the molecule is CCOC1CCC(P(=O)(OCC)OCC)=CO1. The molecule has 5 nitrogen and oxygen atoms in total. The van der Waals surface area contributed by atoms with Gasteiger partial charge < -0.3 is 18.5 Å². The summed E-state index contributed by atoms with van der Waals surface area (Å²) in [6.45, 7) is 6.79. The van der Waals surface area contributed by atoms with E-state index in [1.807, 2.05) is 6.92 Å². The van der Waals surface area contributed by atoms with Crippen LogP contribution in [0.4, 0.5) is 0 Å². The number of hydrogen-bond acceptors (Lipinski definition) is 5. The highest BCUT2D eigenvalue weighted by Crippen LogP contribution is 2.58. The standard InChI is InChI=1S/C11H21O5P/c1-4-13-11-8-7-10(9-14-11)17(12,15-5-2)16-6-3/h9,11H,4-8H2,1-3H3. The fourth-order valence-corrected chi connectivity index (χ4v) is 3.28. The van der Waals surface area contributed by atoms with Crippen molar-refractivity contribution < 1.29 is 23.1 Å². The smallest absolute Gasteiger partial charge is 0.360 e. The molecular weight excluding hydrogens is 243 g/mol. The van der Waals surface area contributed by atoms with Gasteiger partial charge >= 0.3 is 7.60 Å². The zero-order chi connectivity index (χ0) is 12.7. The summed E-state index contributed by atoms with van der Waals surface area (Å²) in [5.41, 5.74) is 0. The predicted octanol–water partition coefficient (Wildman–Crippen LogP) is 3.27. The van der Waals surface area contributed by atoms with Crippen LogP contribution in [0.15, 0.2) is 11.6 Å². The lowest BCUT2D eigenvalue weighted by Gasteiger charge is -2.26. The quantitative estimate of drug-likeness (QED) is 0.660. The lowest BCUT2D eigenvalue weighted by atomic mass is 10.2. The van der Waals surface area contributed by atoms with Crippen molar-refractivity contribution in [3.8, 4) is 0 Å². The Morgan fingerprint density at radius 1 is 1.29 bits per heavy atom. The van der Waals surface area contributed by atoms with Crippen LogP contribution in [0.2, 0.25) is 0 Å². The van der Waals surface area contributed by atoms with Crippen molar-refractivity contribution in [2.45, 2.75) is 39.9 Å². The summed E-state index contributed by atoms with van der Waals surface area (Å²) in [5, 5.41) is 0.595. The average Bonchev–Trinajstić information content (AvgIpc) is 2.31. The molecule has 0 aromatic heterocycles. The summed E-state index contributed by atoms with van der Waals surface area (Å²) in [7, 11) is -3.16. The molecule has 0 saturated carbocycles. The molecule has 1 atom stereocenters. The highest BCUT2D eigenvalue weighted by Gasteiger charge is 2.33. The van der Waals surface area contributed by atoms with E-state index in [2.05, 4.69) is 0 Å². The minimum Gasteiger partial charge on any atom is -0.472 e.